The van der Waals surface area contributed by atoms with Gasteiger partial charge in [-0.1, -0.05) is 12.1 Å². The van der Waals surface area contributed by atoms with Crippen molar-refractivity contribution < 1.29 is 9.13 Å². The second-order valence-electron chi connectivity index (χ2n) is 4.89. The van der Waals surface area contributed by atoms with E-state index < -0.39 is 5.82 Å². The van der Waals surface area contributed by atoms with Crippen molar-refractivity contribution in [2.45, 2.75) is 19.9 Å². The predicted molar refractivity (Wildman–Crippen MR) is 79.8 cm³/mol. The normalized spacial score (nSPS) is 11.8. The van der Waals surface area contributed by atoms with Crippen molar-refractivity contribution in [3.8, 4) is 17.6 Å². The number of halogens is 1. The zero-order chi connectivity index (χ0) is 15.4. The van der Waals surface area contributed by atoms with E-state index in [0.717, 1.165) is 11.1 Å². The summed E-state index contributed by atoms with van der Waals surface area (Å²) >= 11 is 0. The smallest absolute Gasteiger partial charge is 0.166 e. The predicted octanol–water partition coefficient (Wildman–Crippen LogP) is 4.08. The van der Waals surface area contributed by atoms with E-state index in [4.69, 9.17) is 10.00 Å². The Morgan fingerprint density at radius 3 is 2.57 bits per heavy atom. The number of hydrogen-bond donors (Lipinski definition) is 1. The fourth-order valence-electron chi connectivity index (χ4n) is 1.93. The molecule has 0 heterocycles. The Balaban J connectivity index is 2.30. The molecule has 0 aliphatic heterocycles. The third-order valence-corrected chi connectivity index (χ3v) is 3.43. The lowest BCUT2D eigenvalue weighted by Crippen LogP contribution is -2.12. The molecule has 0 bridgehead atoms. The lowest BCUT2D eigenvalue weighted by Gasteiger charge is -2.13. The van der Waals surface area contributed by atoms with Gasteiger partial charge < -0.3 is 10.1 Å². The molecule has 1 N–H and O–H groups in total. The van der Waals surface area contributed by atoms with Crippen LogP contribution in [0.5, 0.6) is 11.5 Å². The van der Waals surface area contributed by atoms with Crippen LogP contribution < -0.4 is 10.1 Å². The Labute approximate surface area is 124 Å². The molecule has 0 saturated heterocycles. The average molecular weight is 284 g/mol. The van der Waals surface area contributed by atoms with Crippen LogP contribution in [0.3, 0.4) is 0 Å². The molecule has 0 radical (unpaired) electrons. The average Bonchev–Trinajstić information content (AvgIpc) is 2.50. The highest BCUT2D eigenvalue weighted by Crippen LogP contribution is 2.29. The molecule has 0 amide bonds. The van der Waals surface area contributed by atoms with Gasteiger partial charge in [-0.25, -0.2) is 4.39 Å². The van der Waals surface area contributed by atoms with E-state index in [0.29, 0.717) is 11.3 Å². The number of rotatable bonds is 4. The van der Waals surface area contributed by atoms with E-state index in [1.54, 1.807) is 24.3 Å². The van der Waals surface area contributed by atoms with Gasteiger partial charge in [-0.15, -0.1) is 0 Å². The number of hydrogen-bond acceptors (Lipinski definition) is 3. The van der Waals surface area contributed by atoms with E-state index in [1.165, 1.54) is 6.07 Å². The molecule has 1 atom stereocenters. The summed E-state index contributed by atoms with van der Waals surface area (Å²) in [6.45, 7) is 3.81. The van der Waals surface area contributed by atoms with Crippen LogP contribution in [-0.4, -0.2) is 7.05 Å². The number of nitrogens with one attached hydrogen (secondary N) is 1. The molecule has 2 aromatic rings. The van der Waals surface area contributed by atoms with Crippen molar-refractivity contribution in [1.29, 1.82) is 5.26 Å². The van der Waals surface area contributed by atoms with Crippen LogP contribution in [0.2, 0.25) is 0 Å². The largest absolute Gasteiger partial charge is 0.454 e. The van der Waals surface area contributed by atoms with Gasteiger partial charge in [-0.05, 0) is 56.3 Å². The zero-order valence-electron chi connectivity index (χ0n) is 12.3. The van der Waals surface area contributed by atoms with E-state index in [2.05, 4.69) is 5.32 Å². The summed E-state index contributed by atoms with van der Waals surface area (Å²) < 4.78 is 19.7. The molecule has 4 heteroatoms. The van der Waals surface area contributed by atoms with Crippen molar-refractivity contribution in [2.75, 3.05) is 7.05 Å². The second kappa shape index (κ2) is 6.38. The van der Waals surface area contributed by atoms with Crippen LogP contribution >= 0.6 is 0 Å². The van der Waals surface area contributed by atoms with E-state index in [1.807, 2.05) is 33.0 Å². The Hall–Kier alpha value is -2.38. The highest BCUT2D eigenvalue weighted by atomic mass is 19.1. The number of benzene rings is 2. The Bertz CT molecular complexity index is 692. The molecule has 0 spiro atoms. The maximum Gasteiger partial charge on any atom is 0.166 e. The molecule has 3 nitrogen and oxygen atoms in total. The summed E-state index contributed by atoms with van der Waals surface area (Å²) in [5, 5.41) is 12.0. The quantitative estimate of drug-likeness (QED) is 0.920. The molecule has 0 aliphatic rings. The number of nitriles is 1. The van der Waals surface area contributed by atoms with Crippen molar-refractivity contribution in [2.24, 2.45) is 0 Å². The molecule has 0 fully saturated rings. The van der Waals surface area contributed by atoms with Crippen LogP contribution in [0.15, 0.2) is 36.4 Å². The summed E-state index contributed by atoms with van der Waals surface area (Å²) in [5.41, 5.74) is 2.18. The summed E-state index contributed by atoms with van der Waals surface area (Å²) in [4.78, 5) is 0. The number of ether oxygens (including phenoxy) is 1. The minimum absolute atomic E-state index is 0.0669. The second-order valence-corrected chi connectivity index (χ2v) is 4.89. The topological polar surface area (TPSA) is 45.0 Å². The molecular weight excluding hydrogens is 267 g/mol. The first-order chi connectivity index (χ1) is 10.0. The molecule has 0 aliphatic carbocycles. The SMILES string of the molecule is CNC(C)c1ccc(Oc2cc(C#N)ccc2C)c(F)c1. The van der Waals surface area contributed by atoms with Crippen LogP contribution in [0.25, 0.3) is 0 Å². The van der Waals surface area contributed by atoms with Crippen LogP contribution in [0, 0.1) is 24.1 Å². The summed E-state index contributed by atoms with van der Waals surface area (Å²) in [7, 11) is 1.82. The summed E-state index contributed by atoms with van der Waals surface area (Å²) in [6, 6.07) is 12.1. The van der Waals surface area contributed by atoms with Gasteiger partial charge in [-0.3, -0.25) is 0 Å². The fraction of sp³-hybridized carbons (Fsp3) is 0.235. The molecule has 108 valence electrons. The van der Waals surface area contributed by atoms with Crippen molar-refractivity contribution in [1.82, 2.24) is 5.32 Å². The van der Waals surface area contributed by atoms with Crippen LogP contribution in [-0.2, 0) is 0 Å². The van der Waals surface area contributed by atoms with Crippen molar-refractivity contribution in [3.05, 3.63) is 58.9 Å². The fourth-order valence-corrected chi connectivity index (χ4v) is 1.93. The van der Waals surface area contributed by atoms with Gasteiger partial charge in [0, 0.05) is 6.04 Å². The van der Waals surface area contributed by atoms with Gasteiger partial charge in [-0.2, -0.15) is 5.26 Å². The van der Waals surface area contributed by atoms with Gasteiger partial charge in [0.15, 0.2) is 11.6 Å². The lowest BCUT2D eigenvalue weighted by atomic mass is 10.1. The number of aryl methyl sites for hydroxylation is 1. The summed E-state index contributed by atoms with van der Waals surface area (Å²) in [5.74, 6) is 0.221. The molecule has 2 aromatic carbocycles. The first kappa shape index (κ1) is 15.0. The van der Waals surface area contributed by atoms with Gasteiger partial charge in [0.25, 0.3) is 0 Å². The minimum atomic E-state index is -0.420. The first-order valence-electron chi connectivity index (χ1n) is 6.70. The Kier molecular flexibility index (Phi) is 4.56. The van der Waals surface area contributed by atoms with Gasteiger partial charge in [0.1, 0.15) is 5.75 Å². The minimum Gasteiger partial charge on any atom is -0.454 e. The highest BCUT2D eigenvalue weighted by molar-refractivity contribution is 5.44. The standard InChI is InChI=1S/C17H17FN2O/c1-11-4-5-13(10-19)8-17(11)21-16-7-6-14(9-15(16)18)12(2)20-3/h4-9,12,20H,1-3H3. The Morgan fingerprint density at radius 2 is 1.95 bits per heavy atom. The van der Waals surface area contributed by atoms with E-state index in [-0.39, 0.29) is 11.8 Å². The van der Waals surface area contributed by atoms with Crippen LogP contribution in [0.1, 0.15) is 29.7 Å². The van der Waals surface area contributed by atoms with Gasteiger partial charge in [0.2, 0.25) is 0 Å². The third-order valence-electron chi connectivity index (χ3n) is 3.43. The van der Waals surface area contributed by atoms with Crippen molar-refractivity contribution in [3.63, 3.8) is 0 Å². The molecular formula is C17H17FN2O. The summed E-state index contributed by atoms with van der Waals surface area (Å²) in [6.07, 6.45) is 0. The highest BCUT2D eigenvalue weighted by Gasteiger charge is 2.11. The monoisotopic (exact) mass is 284 g/mol. The maximum absolute atomic E-state index is 14.1. The third kappa shape index (κ3) is 3.39. The van der Waals surface area contributed by atoms with E-state index in [9.17, 15) is 4.39 Å². The molecule has 0 aromatic heterocycles. The number of nitrogens with zero attached hydrogens (tertiary/aromatic N) is 1. The van der Waals surface area contributed by atoms with Gasteiger partial charge in [0.05, 0.1) is 11.6 Å². The molecule has 1 unspecified atom stereocenters. The Morgan fingerprint density at radius 1 is 1.19 bits per heavy atom. The van der Waals surface area contributed by atoms with E-state index >= 15 is 0 Å². The lowest BCUT2D eigenvalue weighted by molar-refractivity contribution is 0.438. The molecule has 21 heavy (non-hydrogen) atoms. The molecule has 2 rings (SSSR count). The van der Waals surface area contributed by atoms with Crippen LogP contribution in [0.4, 0.5) is 4.39 Å². The maximum atomic E-state index is 14.1. The zero-order valence-corrected chi connectivity index (χ0v) is 12.3. The molecule has 0 saturated carbocycles. The first-order valence-corrected chi connectivity index (χ1v) is 6.70. The van der Waals surface area contributed by atoms with Crippen molar-refractivity contribution >= 4 is 0 Å². The van der Waals surface area contributed by atoms with Gasteiger partial charge >= 0.3 is 0 Å².